The molecule has 0 aromatic heterocycles. The highest BCUT2D eigenvalue weighted by Gasteiger charge is 2.55. The van der Waals surface area contributed by atoms with Crippen LogP contribution in [0, 0.1) is 5.92 Å². The standard InChI is InChI=1S/C13H22O2/c1-2-3-5-8-11-12(14)15-13(11)9-6-4-7-10-13/h11H,2-10H2,1H3. The number of rotatable bonds is 4. The maximum absolute atomic E-state index is 11.5. The highest BCUT2D eigenvalue weighted by atomic mass is 16.6. The summed E-state index contributed by atoms with van der Waals surface area (Å²) in [4.78, 5) is 11.5. The van der Waals surface area contributed by atoms with Gasteiger partial charge in [0.15, 0.2) is 0 Å². The molecule has 0 aromatic carbocycles. The molecule has 1 spiro atoms. The van der Waals surface area contributed by atoms with Crippen molar-refractivity contribution in [3.63, 3.8) is 0 Å². The van der Waals surface area contributed by atoms with Crippen LogP contribution in [0.5, 0.6) is 0 Å². The number of hydrogen-bond donors (Lipinski definition) is 0. The Balaban J connectivity index is 1.87. The molecule has 1 saturated carbocycles. The quantitative estimate of drug-likeness (QED) is 0.525. The van der Waals surface area contributed by atoms with Crippen molar-refractivity contribution >= 4 is 5.97 Å². The van der Waals surface area contributed by atoms with Crippen molar-refractivity contribution in [2.75, 3.05) is 0 Å². The van der Waals surface area contributed by atoms with Gasteiger partial charge in [0.05, 0.1) is 5.92 Å². The summed E-state index contributed by atoms with van der Waals surface area (Å²) in [5.41, 5.74) is -0.0108. The summed E-state index contributed by atoms with van der Waals surface area (Å²) in [5, 5.41) is 0. The smallest absolute Gasteiger partial charge is 0.313 e. The van der Waals surface area contributed by atoms with Crippen molar-refractivity contribution in [3.05, 3.63) is 0 Å². The number of hydrogen-bond acceptors (Lipinski definition) is 2. The van der Waals surface area contributed by atoms with E-state index < -0.39 is 0 Å². The average molecular weight is 210 g/mol. The first kappa shape index (κ1) is 11.0. The molecule has 2 fully saturated rings. The molecular weight excluding hydrogens is 188 g/mol. The fourth-order valence-electron chi connectivity index (χ4n) is 3.08. The second-order valence-corrected chi connectivity index (χ2v) is 5.09. The number of ether oxygens (including phenoxy) is 1. The first-order valence-electron chi connectivity index (χ1n) is 6.51. The van der Waals surface area contributed by atoms with Crippen LogP contribution in [0.25, 0.3) is 0 Å². The van der Waals surface area contributed by atoms with Gasteiger partial charge in [-0.2, -0.15) is 0 Å². The average Bonchev–Trinajstić information content (AvgIpc) is 2.26. The van der Waals surface area contributed by atoms with Crippen molar-refractivity contribution in [2.45, 2.75) is 70.3 Å². The van der Waals surface area contributed by atoms with Crippen LogP contribution in [0.2, 0.25) is 0 Å². The lowest BCUT2D eigenvalue weighted by Gasteiger charge is -2.50. The third-order valence-corrected chi connectivity index (χ3v) is 4.02. The predicted molar refractivity (Wildman–Crippen MR) is 59.5 cm³/mol. The SMILES string of the molecule is CCCCCC1C(=O)OC12CCCCC2. The monoisotopic (exact) mass is 210 g/mol. The molecule has 15 heavy (non-hydrogen) atoms. The molecule has 1 unspecified atom stereocenters. The van der Waals surface area contributed by atoms with Crippen LogP contribution in [0.3, 0.4) is 0 Å². The van der Waals surface area contributed by atoms with E-state index in [1.54, 1.807) is 0 Å². The first-order chi connectivity index (χ1) is 7.28. The summed E-state index contributed by atoms with van der Waals surface area (Å²) in [6.45, 7) is 2.20. The van der Waals surface area contributed by atoms with Crippen LogP contribution in [0.4, 0.5) is 0 Å². The molecule has 1 heterocycles. The fraction of sp³-hybridized carbons (Fsp3) is 0.923. The Labute approximate surface area is 92.4 Å². The van der Waals surface area contributed by atoms with Gasteiger partial charge in [-0.15, -0.1) is 0 Å². The van der Waals surface area contributed by atoms with Crippen LogP contribution < -0.4 is 0 Å². The van der Waals surface area contributed by atoms with Crippen molar-refractivity contribution in [1.82, 2.24) is 0 Å². The van der Waals surface area contributed by atoms with Gasteiger partial charge in [0, 0.05) is 0 Å². The van der Waals surface area contributed by atoms with E-state index in [1.165, 1.54) is 38.5 Å². The molecule has 1 aliphatic carbocycles. The lowest BCUT2D eigenvalue weighted by molar-refractivity contribution is -0.221. The zero-order valence-electron chi connectivity index (χ0n) is 9.76. The van der Waals surface area contributed by atoms with Gasteiger partial charge in [-0.25, -0.2) is 0 Å². The van der Waals surface area contributed by atoms with E-state index >= 15 is 0 Å². The molecule has 2 aliphatic rings. The lowest BCUT2D eigenvalue weighted by atomic mass is 9.70. The first-order valence-corrected chi connectivity index (χ1v) is 6.51. The zero-order valence-corrected chi connectivity index (χ0v) is 9.76. The van der Waals surface area contributed by atoms with Gasteiger partial charge < -0.3 is 4.74 Å². The molecule has 0 aromatic rings. The molecule has 1 atom stereocenters. The highest BCUT2D eigenvalue weighted by molar-refractivity contribution is 5.80. The Bertz CT molecular complexity index is 229. The molecule has 2 heteroatoms. The van der Waals surface area contributed by atoms with E-state index in [2.05, 4.69) is 6.92 Å². The number of unbranched alkanes of at least 4 members (excludes halogenated alkanes) is 2. The Morgan fingerprint density at radius 3 is 2.60 bits per heavy atom. The topological polar surface area (TPSA) is 26.3 Å². The molecule has 0 bridgehead atoms. The molecule has 0 radical (unpaired) electrons. The van der Waals surface area contributed by atoms with Gasteiger partial charge >= 0.3 is 5.97 Å². The normalized spacial score (nSPS) is 28.6. The van der Waals surface area contributed by atoms with Crippen LogP contribution in [-0.4, -0.2) is 11.6 Å². The van der Waals surface area contributed by atoms with Crippen LogP contribution >= 0.6 is 0 Å². The molecule has 1 saturated heterocycles. The van der Waals surface area contributed by atoms with Gasteiger partial charge in [0.1, 0.15) is 5.60 Å². The number of esters is 1. The fourth-order valence-corrected chi connectivity index (χ4v) is 3.08. The second-order valence-electron chi connectivity index (χ2n) is 5.09. The molecular formula is C13H22O2. The molecule has 86 valence electrons. The van der Waals surface area contributed by atoms with Crippen LogP contribution in [0.1, 0.15) is 64.7 Å². The number of carbonyl (C=O) groups excluding carboxylic acids is 1. The maximum atomic E-state index is 11.5. The van der Waals surface area contributed by atoms with Gasteiger partial charge in [-0.1, -0.05) is 32.6 Å². The van der Waals surface area contributed by atoms with Crippen LogP contribution in [-0.2, 0) is 9.53 Å². The molecule has 2 rings (SSSR count). The van der Waals surface area contributed by atoms with E-state index in [1.807, 2.05) is 0 Å². The molecule has 0 amide bonds. The minimum Gasteiger partial charge on any atom is -0.458 e. The van der Waals surface area contributed by atoms with E-state index in [4.69, 9.17) is 4.74 Å². The van der Waals surface area contributed by atoms with E-state index in [9.17, 15) is 4.79 Å². The summed E-state index contributed by atoms with van der Waals surface area (Å²) >= 11 is 0. The van der Waals surface area contributed by atoms with Gasteiger partial charge in [0.2, 0.25) is 0 Å². The summed E-state index contributed by atoms with van der Waals surface area (Å²) < 4.78 is 5.47. The van der Waals surface area contributed by atoms with E-state index in [0.717, 1.165) is 19.3 Å². The minimum absolute atomic E-state index is 0.0108. The summed E-state index contributed by atoms with van der Waals surface area (Å²) in [5.74, 6) is 0.317. The molecule has 0 N–H and O–H groups in total. The van der Waals surface area contributed by atoms with Crippen molar-refractivity contribution in [2.24, 2.45) is 5.92 Å². The highest BCUT2D eigenvalue weighted by Crippen LogP contribution is 2.47. The summed E-state index contributed by atoms with van der Waals surface area (Å²) in [6.07, 6.45) is 10.8. The van der Waals surface area contributed by atoms with E-state index in [0.29, 0.717) is 0 Å². The third kappa shape index (κ3) is 2.04. The third-order valence-electron chi connectivity index (χ3n) is 4.02. The zero-order chi connectivity index (χ0) is 10.7. The van der Waals surface area contributed by atoms with Gasteiger partial charge in [-0.3, -0.25) is 4.79 Å². The predicted octanol–water partition coefficient (Wildman–Crippen LogP) is 3.44. The van der Waals surface area contributed by atoms with Gasteiger partial charge in [0.25, 0.3) is 0 Å². The van der Waals surface area contributed by atoms with Gasteiger partial charge in [-0.05, 0) is 32.1 Å². The minimum atomic E-state index is -0.0108. The Hall–Kier alpha value is -0.530. The maximum Gasteiger partial charge on any atom is 0.313 e. The largest absolute Gasteiger partial charge is 0.458 e. The summed E-state index contributed by atoms with van der Waals surface area (Å²) in [7, 11) is 0. The summed E-state index contributed by atoms with van der Waals surface area (Å²) in [6, 6.07) is 0. The lowest BCUT2D eigenvalue weighted by Crippen LogP contribution is -2.58. The Morgan fingerprint density at radius 2 is 2.00 bits per heavy atom. The number of carbonyl (C=O) groups is 1. The van der Waals surface area contributed by atoms with Crippen molar-refractivity contribution in [3.8, 4) is 0 Å². The second kappa shape index (κ2) is 4.54. The molecule has 2 nitrogen and oxygen atoms in total. The van der Waals surface area contributed by atoms with Crippen LogP contribution in [0.15, 0.2) is 0 Å². The Kier molecular flexibility index (Phi) is 3.32. The van der Waals surface area contributed by atoms with Crippen molar-refractivity contribution in [1.29, 1.82) is 0 Å². The van der Waals surface area contributed by atoms with Crippen molar-refractivity contribution < 1.29 is 9.53 Å². The Morgan fingerprint density at radius 1 is 1.27 bits per heavy atom. The van der Waals surface area contributed by atoms with E-state index in [-0.39, 0.29) is 17.5 Å². The molecule has 1 aliphatic heterocycles.